The fourth-order valence-corrected chi connectivity index (χ4v) is 5.71. The number of amides is 1. The number of benzene rings is 1. The van der Waals surface area contributed by atoms with Gasteiger partial charge in [-0.1, -0.05) is 32.1 Å². The maximum atomic E-state index is 12.9. The molecule has 7 heteroatoms. The molecule has 2 fully saturated rings. The Morgan fingerprint density at radius 1 is 0.964 bits per heavy atom. The average Bonchev–Trinajstić information content (AvgIpc) is 2.63. The van der Waals surface area contributed by atoms with Crippen molar-refractivity contribution in [2.75, 3.05) is 13.1 Å². The summed E-state index contributed by atoms with van der Waals surface area (Å²) < 4.78 is 32.9. The fourth-order valence-electron chi connectivity index (χ4n) is 4.12. The van der Waals surface area contributed by atoms with E-state index in [2.05, 4.69) is 5.32 Å². The number of nitrogens with zero attached hydrogens (tertiary/aromatic N) is 1. The lowest BCUT2D eigenvalue weighted by Gasteiger charge is -2.34. The second-order valence-corrected chi connectivity index (χ2v) is 10.1. The molecule has 1 aromatic carbocycles. The van der Waals surface area contributed by atoms with Crippen molar-refractivity contribution < 1.29 is 17.9 Å². The summed E-state index contributed by atoms with van der Waals surface area (Å²) in [6, 6.07) is 6.50. The molecular weight excluding hydrogens is 376 g/mol. The lowest BCUT2D eigenvalue weighted by Crippen LogP contribution is -2.48. The van der Waals surface area contributed by atoms with E-state index in [4.69, 9.17) is 4.74 Å². The molecule has 1 heterocycles. The predicted octanol–water partition coefficient (Wildman–Crippen LogP) is 3.33. The van der Waals surface area contributed by atoms with E-state index in [9.17, 15) is 13.2 Å². The number of hydrogen-bond donors (Lipinski definition) is 1. The van der Waals surface area contributed by atoms with E-state index in [1.54, 1.807) is 12.1 Å². The molecule has 0 aromatic heterocycles. The van der Waals surface area contributed by atoms with E-state index in [0.717, 1.165) is 25.7 Å². The predicted molar refractivity (Wildman–Crippen MR) is 109 cm³/mol. The van der Waals surface area contributed by atoms with Gasteiger partial charge in [-0.15, -0.1) is 0 Å². The van der Waals surface area contributed by atoms with E-state index >= 15 is 0 Å². The SMILES string of the molecule is CC1CN(S(=O)(=O)c2ccc(C(=O)NC3CCCCCCC3)cc2)CC(C)O1. The molecule has 1 aromatic rings. The van der Waals surface area contributed by atoms with Gasteiger partial charge < -0.3 is 10.1 Å². The number of hydrogen-bond acceptors (Lipinski definition) is 4. The lowest BCUT2D eigenvalue weighted by atomic mass is 9.96. The Kier molecular flexibility index (Phi) is 7.12. The Hall–Kier alpha value is -1.44. The number of rotatable bonds is 4. The average molecular weight is 409 g/mol. The number of carbonyl (C=O) groups excluding carboxylic acids is 1. The summed E-state index contributed by atoms with van der Waals surface area (Å²) in [6.07, 6.45) is 7.83. The zero-order chi connectivity index (χ0) is 20.1. The summed E-state index contributed by atoms with van der Waals surface area (Å²) in [5, 5.41) is 3.12. The Morgan fingerprint density at radius 2 is 1.50 bits per heavy atom. The summed E-state index contributed by atoms with van der Waals surface area (Å²) in [6.45, 7) is 4.44. The lowest BCUT2D eigenvalue weighted by molar-refractivity contribution is -0.0440. The smallest absolute Gasteiger partial charge is 0.251 e. The fraction of sp³-hybridized carbons (Fsp3) is 0.667. The molecule has 156 valence electrons. The Bertz CT molecular complexity index is 745. The molecule has 2 atom stereocenters. The van der Waals surface area contributed by atoms with E-state index in [1.165, 1.54) is 35.7 Å². The van der Waals surface area contributed by atoms with E-state index < -0.39 is 10.0 Å². The zero-order valence-electron chi connectivity index (χ0n) is 16.9. The van der Waals surface area contributed by atoms with Crippen molar-refractivity contribution >= 4 is 15.9 Å². The third-order valence-corrected chi connectivity index (χ3v) is 7.43. The Labute approximate surface area is 168 Å². The monoisotopic (exact) mass is 408 g/mol. The highest BCUT2D eigenvalue weighted by atomic mass is 32.2. The quantitative estimate of drug-likeness (QED) is 0.829. The van der Waals surface area contributed by atoms with Crippen molar-refractivity contribution in [2.45, 2.75) is 81.9 Å². The van der Waals surface area contributed by atoms with Crippen molar-refractivity contribution in [1.29, 1.82) is 0 Å². The second kappa shape index (κ2) is 9.37. The maximum absolute atomic E-state index is 12.9. The van der Waals surface area contributed by atoms with Crippen LogP contribution in [0.1, 0.15) is 69.2 Å². The first-order valence-corrected chi connectivity index (χ1v) is 11.9. The van der Waals surface area contributed by atoms with Crippen LogP contribution in [0.3, 0.4) is 0 Å². The van der Waals surface area contributed by atoms with Gasteiger partial charge in [-0.05, 0) is 51.0 Å². The van der Waals surface area contributed by atoms with Gasteiger partial charge in [0.25, 0.3) is 5.91 Å². The normalized spacial score (nSPS) is 25.6. The van der Waals surface area contributed by atoms with Crippen molar-refractivity contribution in [3.05, 3.63) is 29.8 Å². The topological polar surface area (TPSA) is 75.7 Å². The van der Waals surface area contributed by atoms with Crippen LogP contribution < -0.4 is 5.32 Å². The molecule has 6 nitrogen and oxygen atoms in total. The molecule has 1 N–H and O–H groups in total. The van der Waals surface area contributed by atoms with Crippen LogP contribution >= 0.6 is 0 Å². The van der Waals surface area contributed by atoms with Crippen molar-refractivity contribution in [3.63, 3.8) is 0 Å². The van der Waals surface area contributed by atoms with Crippen LogP contribution in [-0.2, 0) is 14.8 Å². The number of nitrogens with one attached hydrogen (secondary N) is 1. The summed E-state index contributed by atoms with van der Waals surface area (Å²) in [7, 11) is -3.58. The van der Waals surface area contributed by atoms with Gasteiger partial charge in [-0.25, -0.2) is 8.42 Å². The molecule has 0 radical (unpaired) electrons. The van der Waals surface area contributed by atoms with Gasteiger partial charge in [0.15, 0.2) is 0 Å². The summed E-state index contributed by atoms with van der Waals surface area (Å²) in [4.78, 5) is 12.8. The highest BCUT2D eigenvalue weighted by Gasteiger charge is 2.32. The van der Waals surface area contributed by atoms with Crippen LogP contribution in [0, 0.1) is 0 Å². The van der Waals surface area contributed by atoms with Gasteiger partial charge in [0.1, 0.15) is 0 Å². The number of morpholine rings is 1. The Balaban J connectivity index is 1.65. The van der Waals surface area contributed by atoms with Crippen LogP contribution in [0.2, 0.25) is 0 Å². The summed E-state index contributed by atoms with van der Waals surface area (Å²) >= 11 is 0. The maximum Gasteiger partial charge on any atom is 0.251 e. The number of ether oxygens (including phenoxy) is 1. The van der Waals surface area contributed by atoms with Crippen LogP contribution in [0.25, 0.3) is 0 Å². The molecule has 2 aliphatic rings. The molecule has 1 amide bonds. The molecule has 0 bridgehead atoms. The molecule has 0 spiro atoms. The zero-order valence-corrected chi connectivity index (χ0v) is 17.7. The summed E-state index contributed by atoms with van der Waals surface area (Å²) in [5.74, 6) is -0.122. The van der Waals surface area contributed by atoms with Gasteiger partial charge in [-0.3, -0.25) is 4.79 Å². The van der Waals surface area contributed by atoms with E-state index in [1.807, 2.05) is 13.8 Å². The molecule has 3 rings (SSSR count). The van der Waals surface area contributed by atoms with Gasteiger partial charge in [0.05, 0.1) is 17.1 Å². The largest absolute Gasteiger partial charge is 0.373 e. The minimum absolute atomic E-state index is 0.122. The van der Waals surface area contributed by atoms with Crippen molar-refractivity contribution in [1.82, 2.24) is 9.62 Å². The highest BCUT2D eigenvalue weighted by Crippen LogP contribution is 2.22. The number of sulfonamides is 1. The van der Waals surface area contributed by atoms with Crippen molar-refractivity contribution in [2.24, 2.45) is 0 Å². The minimum atomic E-state index is -3.58. The molecule has 1 aliphatic carbocycles. The molecule has 1 saturated carbocycles. The third kappa shape index (κ3) is 5.33. The molecule has 1 saturated heterocycles. The minimum Gasteiger partial charge on any atom is -0.373 e. The summed E-state index contributed by atoms with van der Waals surface area (Å²) in [5.41, 5.74) is 0.504. The van der Waals surface area contributed by atoms with Crippen LogP contribution in [0.5, 0.6) is 0 Å². The van der Waals surface area contributed by atoms with Gasteiger partial charge in [0, 0.05) is 24.7 Å². The number of carbonyl (C=O) groups is 1. The van der Waals surface area contributed by atoms with Crippen LogP contribution in [0.4, 0.5) is 0 Å². The first-order valence-electron chi connectivity index (χ1n) is 10.4. The highest BCUT2D eigenvalue weighted by molar-refractivity contribution is 7.89. The second-order valence-electron chi connectivity index (χ2n) is 8.12. The van der Waals surface area contributed by atoms with Crippen molar-refractivity contribution in [3.8, 4) is 0 Å². The van der Waals surface area contributed by atoms with E-state index in [-0.39, 0.29) is 29.1 Å². The standard InChI is InChI=1S/C21H32N2O4S/c1-16-14-23(15-17(2)27-16)28(25,26)20-12-10-18(11-13-20)21(24)22-19-8-6-4-3-5-7-9-19/h10-13,16-17,19H,3-9,14-15H2,1-2H3,(H,22,24). The molecule has 28 heavy (non-hydrogen) atoms. The first-order chi connectivity index (χ1) is 13.4. The molecule has 2 unspecified atom stereocenters. The van der Waals surface area contributed by atoms with E-state index in [0.29, 0.717) is 18.7 Å². The van der Waals surface area contributed by atoms with Gasteiger partial charge in [0.2, 0.25) is 10.0 Å². The van der Waals surface area contributed by atoms with Gasteiger partial charge >= 0.3 is 0 Å². The first kappa shape index (κ1) is 21.3. The molecular formula is C21H32N2O4S. The van der Waals surface area contributed by atoms with Crippen LogP contribution in [-0.4, -0.2) is 50.0 Å². The van der Waals surface area contributed by atoms with Gasteiger partial charge in [-0.2, -0.15) is 4.31 Å². The molecule has 1 aliphatic heterocycles. The Morgan fingerprint density at radius 3 is 2.07 bits per heavy atom. The third-order valence-electron chi connectivity index (χ3n) is 5.58. The van der Waals surface area contributed by atoms with Crippen LogP contribution in [0.15, 0.2) is 29.2 Å².